The highest BCUT2D eigenvalue weighted by Gasteiger charge is 2.11. The number of benzene rings is 3. The minimum atomic E-state index is -0.503. The number of hydrazone groups is 1. The molecule has 2 N–H and O–H groups in total. The lowest BCUT2D eigenvalue weighted by Crippen LogP contribution is -2.17. The third kappa shape index (κ3) is 5.59. The van der Waals surface area contributed by atoms with E-state index in [0.717, 1.165) is 11.1 Å². The average Bonchev–Trinajstić information content (AvgIpc) is 2.69. The largest absolute Gasteiger partial charge is 0.507 e. The van der Waals surface area contributed by atoms with Crippen LogP contribution < -0.4 is 10.2 Å². The Balaban J connectivity index is 1.67. The van der Waals surface area contributed by atoms with Crippen molar-refractivity contribution >= 4 is 55.6 Å². The number of para-hydroxylation sites is 1. The van der Waals surface area contributed by atoms with Crippen LogP contribution in [0.25, 0.3) is 0 Å². The van der Waals surface area contributed by atoms with E-state index < -0.39 is 5.91 Å². The third-order valence-corrected chi connectivity index (χ3v) is 5.43. The molecule has 0 aliphatic heterocycles. The molecule has 0 spiro atoms. The van der Waals surface area contributed by atoms with Crippen LogP contribution in [-0.4, -0.2) is 17.2 Å². The van der Waals surface area contributed by atoms with Crippen molar-refractivity contribution in [3.8, 4) is 11.5 Å². The number of rotatable bonds is 6. The molecule has 0 radical (unpaired) electrons. The molecule has 0 saturated carbocycles. The summed E-state index contributed by atoms with van der Waals surface area (Å²) in [6, 6.07) is 17.3. The van der Waals surface area contributed by atoms with Gasteiger partial charge in [-0.05, 0) is 67.8 Å². The Morgan fingerprint density at radius 2 is 1.76 bits per heavy atom. The second-order valence-electron chi connectivity index (χ2n) is 5.91. The number of phenols is 1. The van der Waals surface area contributed by atoms with Crippen molar-refractivity contribution < 1.29 is 14.6 Å². The molecule has 5 nitrogen and oxygen atoms in total. The molecule has 0 atom stereocenters. The maximum absolute atomic E-state index is 12.1. The van der Waals surface area contributed by atoms with Gasteiger partial charge >= 0.3 is 0 Å². The highest BCUT2D eigenvalue weighted by molar-refractivity contribution is 9.11. The number of ether oxygens (including phenoxy) is 1. The molecule has 3 aromatic rings. The van der Waals surface area contributed by atoms with Crippen LogP contribution in [0, 0.1) is 0 Å². The fraction of sp³-hybridized carbons (Fsp3) is 0.0476. The number of halogens is 3. The molecule has 148 valence electrons. The van der Waals surface area contributed by atoms with Crippen LogP contribution in [0.2, 0.25) is 5.02 Å². The minimum Gasteiger partial charge on any atom is -0.507 e. The molecule has 29 heavy (non-hydrogen) atoms. The van der Waals surface area contributed by atoms with Gasteiger partial charge in [0.05, 0.1) is 20.7 Å². The Bertz CT molecular complexity index is 1050. The molecular formula is C21H15Br2ClN2O3. The molecule has 0 bridgehead atoms. The number of nitrogens with one attached hydrogen (secondary N) is 1. The van der Waals surface area contributed by atoms with Crippen molar-refractivity contribution in [1.29, 1.82) is 0 Å². The van der Waals surface area contributed by atoms with Crippen molar-refractivity contribution in [2.24, 2.45) is 5.10 Å². The molecule has 8 heteroatoms. The van der Waals surface area contributed by atoms with Crippen LogP contribution in [0.4, 0.5) is 0 Å². The van der Waals surface area contributed by atoms with Crippen molar-refractivity contribution in [3.05, 3.63) is 91.3 Å². The van der Waals surface area contributed by atoms with Gasteiger partial charge in [-0.25, -0.2) is 5.43 Å². The van der Waals surface area contributed by atoms with Crippen LogP contribution in [0.1, 0.15) is 21.5 Å². The summed E-state index contributed by atoms with van der Waals surface area (Å²) in [5.41, 5.74) is 4.15. The van der Waals surface area contributed by atoms with E-state index in [9.17, 15) is 9.90 Å². The summed E-state index contributed by atoms with van der Waals surface area (Å²) in [6.07, 6.45) is 1.49. The van der Waals surface area contributed by atoms with E-state index in [0.29, 0.717) is 26.3 Å². The number of hydrogen-bond acceptors (Lipinski definition) is 4. The summed E-state index contributed by atoms with van der Waals surface area (Å²) in [6.45, 7) is 0.320. The number of amides is 1. The maximum Gasteiger partial charge on any atom is 0.275 e. The van der Waals surface area contributed by atoms with Gasteiger partial charge in [-0.15, -0.1) is 0 Å². The fourth-order valence-corrected chi connectivity index (χ4v) is 4.09. The third-order valence-electron chi connectivity index (χ3n) is 3.88. The topological polar surface area (TPSA) is 70.9 Å². The molecule has 3 rings (SSSR count). The Hall–Kier alpha value is -2.35. The van der Waals surface area contributed by atoms with Crippen molar-refractivity contribution in [1.82, 2.24) is 5.43 Å². The predicted molar refractivity (Wildman–Crippen MR) is 121 cm³/mol. The Kier molecular flexibility index (Phi) is 7.30. The number of phenolic OH excluding ortho intramolecular Hbond substituents is 1. The molecule has 0 saturated heterocycles. The SMILES string of the molecule is O=C(NN=Cc1cc(Br)c(OCc2ccccc2Cl)c(Br)c1)c1ccccc1O. The zero-order valence-electron chi connectivity index (χ0n) is 14.9. The molecular weight excluding hydrogens is 524 g/mol. The fourth-order valence-electron chi connectivity index (χ4n) is 2.45. The quantitative estimate of drug-likeness (QED) is 0.303. The predicted octanol–water partition coefficient (Wildman–Crippen LogP) is 5.91. The van der Waals surface area contributed by atoms with Crippen LogP contribution >= 0.6 is 43.5 Å². The molecule has 0 unspecified atom stereocenters. The molecule has 0 fully saturated rings. The van der Waals surface area contributed by atoms with Gasteiger partial charge in [-0.2, -0.15) is 5.10 Å². The maximum atomic E-state index is 12.1. The molecule has 0 aliphatic carbocycles. The van der Waals surface area contributed by atoms with Gasteiger partial charge in [0.1, 0.15) is 18.1 Å². The van der Waals surface area contributed by atoms with Gasteiger partial charge in [0.25, 0.3) is 5.91 Å². The second kappa shape index (κ2) is 9.91. The second-order valence-corrected chi connectivity index (χ2v) is 8.03. The molecule has 3 aromatic carbocycles. The smallest absolute Gasteiger partial charge is 0.275 e. The highest BCUT2D eigenvalue weighted by atomic mass is 79.9. The van der Waals surface area contributed by atoms with E-state index in [1.807, 2.05) is 36.4 Å². The van der Waals surface area contributed by atoms with Crippen LogP contribution in [0.15, 0.2) is 74.7 Å². The number of carbonyl (C=O) groups is 1. The van der Waals surface area contributed by atoms with E-state index in [1.165, 1.54) is 18.3 Å². The normalized spacial score (nSPS) is 10.9. The van der Waals surface area contributed by atoms with Crippen molar-refractivity contribution in [3.63, 3.8) is 0 Å². The van der Waals surface area contributed by atoms with E-state index >= 15 is 0 Å². The van der Waals surface area contributed by atoms with Crippen LogP contribution in [0.3, 0.4) is 0 Å². The zero-order chi connectivity index (χ0) is 20.8. The summed E-state index contributed by atoms with van der Waals surface area (Å²) >= 11 is 13.1. The zero-order valence-corrected chi connectivity index (χ0v) is 18.8. The summed E-state index contributed by atoms with van der Waals surface area (Å²) < 4.78 is 7.31. The summed E-state index contributed by atoms with van der Waals surface area (Å²) in [5, 5.41) is 14.3. The van der Waals surface area contributed by atoms with Gasteiger partial charge in [0, 0.05) is 10.6 Å². The lowest BCUT2D eigenvalue weighted by Gasteiger charge is -2.12. The first-order chi connectivity index (χ1) is 14.0. The highest BCUT2D eigenvalue weighted by Crippen LogP contribution is 2.35. The first kappa shape index (κ1) is 21.4. The van der Waals surface area contributed by atoms with E-state index in [1.54, 1.807) is 12.1 Å². The van der Waals surface area contributed by atoms with Gasteiger partial charge in [-0.1, -0.05) is 41.9 Å². The lowest BCUT2D eigenvalue weighted by molar-refractivity contribution is 0.0952. The first-order valence-corrected chi connectivity index (χ1v) is 10.4. The van der Waals surface area contributed by atoms with E-state index in [4.69, 9.17) is 16.3 Å². The number of carbonyl (C=O) groups excluding carboxylic acids is 1. The Morgan fingerprint density at radius 1 is 1.10 bits per heavy atom. The van der Waals surface area contributed by atoms with Crippen molar-refractivity contribution in [2.75, 3.05) is 0 Å². The number of nitrogens with zero attached hydrogens (tertiary/aromatic N) is 1. The molecule has 1 amide bonds. The summed E-state index contributed by atoms with van der Waals surface area (Å²) in [4.78, 5) is 12.1. The van der Waals surface area contributed by atoms with Gasteiger partial charge < -0.3 is 9.84 Å². The monoisotopic (exact) mass is 536 g/mol. The minimum absolute atomic E-state index is 0.106. The lowest BCUT2D eigenvalue weighted by atomic mass is 10.2. The molecule has 0 heterocycles. The van der Waals surface area contributed by atoms with Gasteiger partial charge in [0.15, 0.2) is 0 Å². The van der Waals surface area contributed by atoms with Crippen LogP contribution in [-0.2, 0) is 6.61 Å². The Morgan fingerprint density at radius 3 is 2.45 bits per heavy atom. The van der Waals surface area contributed by atoms with Crippen LogP contribution in [0.5, 0.6) is 11.5 Å². The van der Waals surface area contributed by atoms with E-state index in [2.05, 4.69) is 42.4 Å². The average molecular weight is 539 g/mol. The summed E-state index contributed by atoms with van der Waals surface area (Å²) in [7, 11) is 0. The van der Waals surface area contributed by atoms with Gasteiger partial charge in [0.2, 0.25) is 0 Å². The molecule has 0 aliphatic rings. The molecule has 0 aromatic heterocycles. The first-order valence-electron chi connectivity index (χ1n) is 8.42. The van der Waals surface area contributed by atoms with Gasteiger partial charge in [-0.3, -0.25) is 4.79 Å². The van der Waals surface area contributed by atoms with Crippen molar-refractivity contribution in [2.45, 2.75) is 6.61 Å². The Labute approximate surface area is 189 Å². The summed E-state index contributed by atoms with van der Waals surface area (Å²) in [5.74, 6) is 0.0168. The number of hydrogen-bond donors (Lipinski definition) is 2. The van der Waals surface area contributed by atoms with E-state index in [-0.39, 0.29) is 11.3 Å². The standard InChI is InChI=1S/C21H15Br2ClN2O3/c22-16-9-13(11-25-26-21(28)15-6-2-4-8-19(15)27)10-17(23)20(16)29-12-14-5-1-3-7-18(14)24/h1-11,27H,12H2,(H,26,28). The number of aromatic hydroxyl groups is 1.